The molecule has 2 fully saturated rings. The van der Waals surface area contributed by atoms with Gasteiger partial charge < -0.3 is 10.5 Å². The summed E-state index contributed by atoms with van der Waals surface area (Å²) in [5, 5.41) is 0. The number of rotatable bonds is 1. The molecule has 2 N–H and O–H groups in total. The Hall–Kier alpha value is -0.0800. The summed E-state index contributed by atoms with van der Waals surface area (Å²) in [5.74, 6) is 0.721. The summed E-state index contributed by atoms with van der Waals surface area (Å²) in [7, 11) is 0. The third kappa shape index (κ3) is 1.62. The Kier molecular flexibility index (Phi) is 2.61. The number of ether oxygens (including phenoxy) is 1. The maximum absolute atomic E-state index is 6.12. The third-order valence-electron chi connectivity index (χ3n) is 3.99. The summed E-state index contributed by atoms with van der Waals surface area (Å²) >= 11 is 0. The highest BCUT2D eigenvalue weighted by atomic mass is 16.5. The predicted octanol–water partition coefficient (Wildman–Crippen LogP) is 2.07. The monoisotopic (exact) mass is 183 g/mol. The van der Waals surface area contributed by atoms with E-state index in [9.17, 15) is 0 Å². The van der Waals surface area contributed by atoms with Crippen molar-refractivity contribution in [3.8, 4) is 0 Å². The lowest BCUT2D eigenvalue weighted by Crippen LogP contribution is -2.48. The number of hydrogen-bond acceptors (Lipinski definition) is 2. The molecule has 2 unspecified atom stereocenters. The Morgan fingerprint density at radius 2 is 1.85 bits per heavy atom. The zero-order valence-electron chi connectivity index (χ0n) is 8.59. The van der Waals surface area contributed by atoms with Crippen molar-refractivity contribution in [3.63, 3.8) is 0 Å². The van der Waals surface area contributed by atoms with E-state index >= 15 is 0 Å². The predicted molar refractivity (Wildman–Crippen MR) is 53.5 cm³/mol. The molecule has 2 heteroatoms. The van der Waals surface area contributed by atoms with Gasteiger partial charge in [-0.25, -0.2) is 0 Å². The van der Waals surface area contributed by atoms with E-state index in [1.165, 1.54) is 32.1 Å². The number of nitrogens with two attached hydrogens (primary N) is 1. The fraction of sp³-hybridized carbons (Fsp3) is 1.00. The molecule has 0 aromatic rings. The van der Waals surface area contributed by atoms with Gasteiger partial charge in [0.15, 0.2) is 0 Å². The molecule has 1 aliphatic heterocycles. The molecular formula is C11H21NO. The molecule has 13 heavy (non-hydrogen) atoms. The fourth-order valence-electron chi connectivity index (χ4n) is 2.90. The van der Waals surface area contributed by atoms with Gasteiger partial charge in [0.2, 0.25) is 0 Å². The highest BCUT2D eigenvalue weighted by molar-refractivity contribution is 4.97. The maximum Gasteiger partial charge on any atom is 0.0833 e. The molecule has 1 saturated carbocycles. The molecular weight excluding hydrogens is 162 g/mol. The second-order valence-corrected chi connectivity index (χ2v) is 4.76. The summed E-state index contributed by atoms with van der Waals surface area (Å²) in [4.78, 5) is 0. The maximum atomic E-state index is 6.12. The van der Waals surface area contributed by atoms with E-state index in [4.69, 9.17) is 10.5 Å². The SMILES string of the molecule is CC1(C2CCCCC2)OCCC1N. The Morgan fingerprint density at radius 3 is 2.38 bits per heavy atom. The minimum atomic E-state index is 0.000417. The van der Waals surface area contributed by atoms with E-state index in [1.807, 2.05) is 0 Å². The first-order valence-corrected chi connectivity index (χ1v) is 5.63. The molecule has 2 nitrogen and oxygen atoms in total. The lowest BCUT2D eigenvalue weighted by atomic mass is 9.75. The first kappa shape index (κ1) is 9.47. The standard InChI is InChI=1S/C11H21NO/c1-11(10(12)7-8-13-11)9-5-3-2-4-6-9/h9-10H,2-8,12H2,1H3. The molecule has 0 radical (unpaired) electrons. The molecule has 0 bridgehead atoms. The van der Waals surface area contributed by atoms with Crippen LogP contribution in [0.4, 0.5) is 0 Å². The van der Waals surface area contributed by atoms with E-state index in [0.717, 1.165) is 18.9 Å². The van der Waals surface area contributed by atoms with Crippen molar-refractivity contribution in [1.29, 1.82) is 0 Å². The zero-order chi connectivity index (χ0) is 9.31. The molecule has 2 aliphatic rings. The van der Waals surface area contributed by atoms with Crippen LogP contribution < -0.4 is 5.73 Å². The van der Waals surface area contributed by atoms with E-state index in [0.29, 0.717) is 0 Å². The average molecular weight is 183 g/mol. The van der Waals surface area contributed by atoms with Crippen LogP contribution in [0.5, 0.6) is 0 Å². The van der Waals surface area contributed by atoms with Gasteiger partial charge in [-0.2, -0.15) is 0 Å². The second kappa shape index (κ2) is 3.58. The van der Waals surface area contributed by atoms with Crippen molar-refractivity contribution in [2.75, 3.05) is 6.61 Å². The van der Waals surface area contributed by atoms with Crippen molar-refractivity contribution in [2.45, 2.75) is 57.1 Å². The molecule has 0 amide bonds. The molecule has 76 valence electrons. The molecule has 0 spiro atoms. The summed E-state index contributed by atoms with van der Waals surface area (Å²) in [5.41, 5.74) is 6.12. The van der Waals surface area contributed by atoms with Crippen LogP contribution in [-0.2, 0) is 4.74 Å². The Labute approximate surface area is 80.8 Å². The van der Waals surface area contributed by atoms with Gasteiger partial charge in [-0.1, -0.05) is 19.3 Å². The van der Waals surface area contributed by atoms with Crippen LogP contribution in [0.2, 0.25) is 0 Å². The number of hydrogen-bond donors (Lipinski definition) is 1. The van der Waals surface area contributed by atoms with Crippen molar-refractivity contribution >= 4 is 0 Å². The summed E-state index contributed by atoms with van der Waals surface area (Å²) in [6.45, 7) is 3.09. The van der Waals surface area contributed by atoms with Gasteiger partial charge in [0, 0.05) is 12.6 Å². The van der Waals surface area contributed by atoms with Crippen LogP contribution >= 0.6 is 0 Å². The molecule has 2 atom stereocenters. The topological polar surface area (TPSA) is 35.2 Å². The second-order valence-electron chi connectivity index (χ2n) is 4.76. The summed E-state index contributed by atoms with van der Waals surface area (Å²) < 4.78 is 5.87. The molecule has 1 saturated heterocycles. The van der Waals surface area contributed by atoms with Crippen molar-refractivity contribution in [3.05, 3.63) is 0 Å². The Morgan fingerprint density at radius 1 is 1.15 bits per heavy atom. The highest BCUT2D eigenvalue weighted by Gasteiger charge is 2.44. The first-order valence-electron chi connectivity index (χ1n) is 5.63. The minimum Gasteiger partial charge on any atom is -0.373 e. The Bertz CT molecular complexity index is 177. The van der Waals surface area contributed by atoms with Crippen LogP contribution in [0, 0.1) is 5.92 Å². The fourth-order valence-corrected chi connectivity index (χ4v) is 2.90. The van der Waals surface area contributed by atoms with Gasteiger partial charge in [0.05, 0.1) is 5.60 Å². The normalized spacial score (nSPS) is 42.5. The van der Waals surface area contributed by atoms with E-state index in [1.54, 1.807) is 0 Å². The largest absolute Gasteiger partial charge is 0.373 e. The van der Waals surface area contributed by atoms with Gasteiger partial charge >= 0.3 is 0 Å². The van der Waals surface area contributed by atoms with Crippen LogP contribution in [-0.4, -0.2) is 18.2 Å². The van der Waals surface area contributed by atoms with Crippen LogP contribution in [0.25, 0.3) is 0 Å². The lowest BCUT2D eigenvalue weighted by Gasteiger charge is -2.38. The van der Waals surface area contributed by atoms with Crippen LogP contribution in [0.1, 0.15) is 45.4 Å². The van der Waals surface area contributed by atoms with Gasteiger partial charge in [0.1, 0.15) is 0 Å². The highest BCUT2D eigenvalue weighted by Crippen LogP contribution is 2.40. The first-order chi connectivity index (χ1) is 6.23. The zero-order valence-corrected chi connectivity index (χ0v) is 8.59. The summed E-state index contributed by atoms with van der Waals surface area (Å²) in [6, 6.07) is 0.274. The molecule has 1 aliphatic carbocycles. The van der Waals surface area contributed by atoms with E-state index in [-0.39, 0.29) is 11.6 Å². The van der Waals surface area contributed by atoms with Crippen molar-refractivity contribution in [2.24, 2.45) is 11.7 Å². The van der Waals surface area contributed by atoms with Gasteiger partial charge in [0.25, 0.3) is 0 Å². The molecule has 0 aromatic carbocycles. The van der Waals surface area contributed by atoms with Gasteiger partial charge in [-0.3, -0.25) is 0 Å². The molecule has 1 heterocycles. The molecule has 0 aromatic heterocycles. The average Bonchev–Trinajstić information content (AvgIpc) is 2.50. The lowest BCUT2D eigenvalue weighted by molar-refractivity contribution is -0.0486. The Balaban J connectivity index is 2.03. The van der Waals surface area contributed by atoms with E-state index < -0.39 is 0 Å². The van der Waals surface area contributed by atoms with Crippen LogP contribution in [0.3, 0.4) is 0 Å². The minimum absolute atomic E-state index is 0.000417. The van der Waals surface area contributed by atoms with Gasteiger partial charge in [-0.15, -0.1) is 0 Å². The van der Waals surface area contributed by atoms with Crippen molar-refractivity contribution in [1.82, 2.24) is 0 Å². The van der Waals surface area contributed by atoms with E-state index in [2.05, 4.69) is 6.92 Å². The summed E-state index contributed by atoms with van der Waals surface area (Å²) in [6.07, 6.45) is 7.84. The van der Waals surface area contributed by atoms with Gasteiger partial charge in [-0.05, 0) is 32.1 Å². The third-order valence-corrected chi connectivity index (χ3v) is 3.99. The molecule has 2 rings (SSSR count). The van der Waals surface area contributed by atoms with Crippen LogP contribution in [0.15, 0.2) is 0 Å². The quantitative estimate of drug-likeness (QED) is 0.675. The smallest absolute Gasteiger partial charge is 0.0833 e. The van der Waals surface area contributed by atoms with Crippen molar-refractivity contribution < 1.29 is 4.74 Å².